The molecule has 0 aliphatic rings. The van der Waals surface area contributed by atoms with Gasteiger partial charge in [0.2, 0.25) is 5.91 Å². The van der Waals surface area contributed by atoms with Gasteiger partial charge in [-0.05, 0) is 41.3 Å². The zero-order chi connectivity index (χ0) is 19.2. The Balaban J connectivity index is 1.57. The van der Waals surface area contributed by atoms with Crippen molar-refractivity contribution in [2.45, 2.75) is 13.0 Å². The zero-order valence-electron chi connectivity index (χ0n) is 14.2. The summed E-state index contributed by atoms with van der Waals surface area (Å²) in [4.78, 5) is 25.3. The predicted molar refractivity (Wildman–Crippen MR) is 106 cm³/mol. The number of carbonyl (C=O) groups is 2. The van der Waals surface area contributed by atoms with Crippen molar-refractivity contribution in [2.75, 3.05) is 5.32 Å². The molecule has 0 unspecified atom stereocenters. The van der Waals surface area contributed by atoms with Crippen molar-refractivity contribution in [1.82, 2.24) is 5.32 Å². The number of carbonyl (C=O) groups excluding carboxylic acids is 2. The first kappa shape index (κ1) is 19.1. The Morgan fingerprint density at radius 3 is 2.48 bits per heavy atom. The smallest absolute Gasteiger partial charge is 0.260 e. The van der Waals surface area contributed by atoms with Gasteiger partial charge in [0.05, 0.1) is 23.6 Å². The largest absolute Gasteiger partial charge is 0.351 e. The van der Waals surface area contributed by atoms with Crippen LogP contribution >= 0.6 is 22.9 Å². The fourth-order valence-corrected chi connectivity index (χ4v) is 3.35. The van der Waals surface area contributed by atoms with Crippen LogP contribution in [0.3, 0.4) is 0 Å². The summed E-state index contributed by atoms with van der Waals surface area (Å²) in [5, 5.41) is 7.47. The molecule has 27 heavy (non-hydrogen) atoms. The number of hydrogen-bond donors (Lipinski definition) is 2. The number of anilines is 1. The van der Waals surface area contributed by atoms with E-state index >= 15 is 0 Å². The summed E-state index contributed by atoms with van der Waals surface area (Å²) in [6.45, 7) is 0.508. The first-order valence-electron chi connectivity index (χ1n) is 8.16. The van der Waals surface area contributed by atoms with E-state index in [2.05, 4.69) is 10.6 Å². The van der Waals surface area contributed by atoms with Crippen molar-refractivity contribution in [2.24, 2.45) is 0 Å². The Labute approximate surface area is 165 Å². The van der Waals surface area contributed by atoms with Crippen molar-refractivity contribution in [3.05, 3.63) is 86.8 Å². The second-order valence-electron chi connectivity index (χ2n) is 5.78. The Morgan fingerprint density at radius 1 is 1.04 bits per heavy atom. The number of benzene rings is 2. The van der Waals surface area contributed by atoms with E-state index in [9.17, 15) is 14.0 Å². The molecule has 0 saturated heterocycles. The van der Waals surface area contributed by atoms with Crippen LogP contribution in [0, 0.1) is 5.82 Å². The van der Waals surface area contributed by atoms with Crippen LogP contribution < -0.4 is 10.6 Å². The monoisotopic (exact) mass is 402 g/mol. The molecule has 2 aromatic carbocycles. The van der Waals surface area contributed by atoms with Crippen molar-refractivity contribution in [3.8, 4) is 0 Å². The molecule has 1 aromatic heterocycles. The van der Waals surface area contributed by atoms with Gasteiger partial charge in [-0.3, -0.25) is 9.59 Å². The Morgan fingerprint density at radius 2 is 1.81 bits per heavy atom. The molecule has 4 nitrogen and oxygen atoms in total. The van der Waals surface area contributed by atoms with E-state index in [-0.39, 0.29) is 22.9 Å². The highest BCUT2D eigenvalue weighted by molar-refractivity contribution is 7.09. The fourth-order valence-electron chi connectivity index (χ4n) is 2.46. The maximum atomic E-state index is 13.8. The van der Waals surface area contributed by atoms with Crippen molar-refractivity contribution in [1.29, 1.82) is 0 Å². The number of halogens is 2. The van der Waals surface area contributed by atoms with Crippen LogP contribution in [0.4, 0.5) is 10.1 Å². The molecule has 138 valence electrons. The molecule has 0 atom stereocenters. The van der Waals surface area contributed by atoms with Crippen LogP contribution in [0.25, 0.3) is 0 Å². The highest BCUT2D eigenvalue weighted by atomic mass is 35.5. The van der Waals surface area contributed by atoms with Gasteiger partial charge in [0.25, 0.3) is 5.91 Å². The lowest BCUT2D eigenvalue weighted by molar-refractivity contribution is -0.120. The SMILES string of the molecule is O=C(Cc1ccc(NC(=O)c2c(F)cccc2Cl)cc1)NCc1cccs1. The summed E-state index contributed by atoms with van der Waals surface area (Å²) in [7, 11) is 0. The zero-order valence-corrected chi connectivity index (χ0v) is 15.7. The standard InChI is InChI=1S/C20H16ClFN2O2S/c21-16-4-1-5-17(22)19(16)20(26)24-14-8-6-13(7-9-14)11-18(25)23-12-15-3-2-10-27-15/h1-10H,11-12H2,(H,23,25)(H,24,26). The van der Waals surface area contributed by atoms with Gasteiger partial charge in [0, 0.05) is 10.6 Å². The van der Waals surface area contributed by atoms with Gasteiger partial charge in [0.15, 0.2) is 0 Å². The van der Waals surface area contributed by atoms with Crippen molar-refractivity contribution in [3.63, 3.8) is 0 Å². The van der Waals surface area contributed by atoms with Crippen LogP contribution in [0.1, 0.15) is 20.8 Å². The van der Waals surface area contributed by atoms with Crippen LogP contribution in [0.15, 0.2) is 60.0 Å². The molecular weight excluding hydrogens is 387 g/mol. The first-order valence-corrected chi connectivity index (χ1v) is 9.42. The summed E-state index contributed by atoms with van der Waals surface area (Å²) in [5.74, 6) is -1.39. The third-order valence-corrected chi connectivity index (χ3v) is 5.00. The summed E-state index contributed by atoms with van der Waals surface area (Å²) in [5.41, 5.74) is 1.10. The quantitative estimate of drug-likeness (QED) is 0.630. The minimum Gasteiger partial charge on any atom is -0.351 e. The van der Waals surface area contributed by atoms with Crippen molar-refractivity contribution < 1.29 is 14.0 Å². The van der Waals surface area contributed by atoms with Gasteiger partial charge in [-0.25, -0.2) is 4.39 Å². The molecule has 0 bridgehead atoms. The van der Waals surface area contributed by atoms with Crippen LogP contribution in [-0.4, -0.2) is 11.8 Å². The topological polar surface area (TPSA) is 58.2 Å². The van der Waals surface area contributed by atoms with E-state index in [0.717, 1.165) is 10.4 Å². The van der Waals surface area contributed by atoms with E-state index in [1.807, 2.05) is 17.5 Å². The maximum Gasteiger partial charge on any atom is 0.260 e. The molecule has 0 spiro atoms. The number of thiophene rings is 1. The minimum absolute atomic E-state index is 0.0477. The van der Waals surface area contributed by atoms with E-state index in [1.54, 1.807) is 35.6 Å². The molecular formula is C20H16ClFN2O2S. The molecule has 2 amide bonds. The van der Waals surface area contributed by atoms with Gasteiger partial charge < -0.3 is 10.6 Å². The molecule has 1 heterocycles. The summed E-state index contributed by atoms with van der Waals surface area (Å²) in [6, 6.07) is 14.8. The highest BCUT2D eigenvalue weighted by Gasteiger charge is 2.15. The van der Waals surface area contributed by atoms with Crippen LogP contribution in [-0.2, 0) is 17.8 Å². The summed E-state index contributed by atoms with van der Waals surface area (Å²) in [6.07, 6.45) is 0.235. The molecule has 0 fully saturated rings. The average molecular weight is 403 g/mol. The molecule has 0 aliphatic carbocycles. The lowest BCUT2D eigenvalue weighted by Gasteiger charge is -2.09. The lowest BCUT2D eigenvalue weighted by Crippen LogP contribution is -2.24. The third kappa shape index (κ3) is 5.15. The molecule has 0 aliphatic heterocycles. The fraction of sp³-hybridized carbons (Fsp3) is 0.100. The molecule has 0 radical (unpaired) electrons. The maximum absolute atomic E-state index is 13.8. The number of hydrogen-bond acceptors (Lipinski definition) is 3. The van der Waals surface area contributed by atoms with E-state index in [4.69, 9.17) is 11.6 Å². The third-order valence-electron chi connectivity index (χ3n) is 3.81. The molecule has 3 rings (SSSR count). The summed E-state index contributed by atoms with van der Waals surface area (Å²) < 4.78 is 13.8. The van der Waals surface area contributed by atoms with E-state index < -0.39 is 11.7 Å². The Bertz CT molecular complexity index is 923. The lowest BCUT2D eigenvalue weighted by atomic mass is 10.1. The normalized spacial score (nSPS) is 10.4. The number of nitrogens with one attached hydrogen (secondary N) is 2. The predicted octanol–water partition coefficient (Wildman–Crippen LogP) is 4.65. The number of amides is 2. The van der Waals surface area contributed by atoms with Crippen LogP contribution in [0.5, 0.6) is 0 Å². The number of rotatable bonds is 6. The minimum atomic E-state index is -0.681. The van der Waals surface area contributed by atoms with Gasteiger partial charge >= 0.3 is 0 Å². The molecule has 7 heteroatoms. The van der Waals surface area contributed by atoms with E-state index in [0.29, 0.717) is 12.2 Å². The second-order valence-corrected chi connectivity index (χ2v) is 7.22. The van der Waals surface area contributed by atoms with Gasteiger partial charge in [-0.2, -0.15) is 0 Å². The van der Waals surface area contributed by atoms with Gasteiger partial charge in [0.1, 0.15) is 5.82 Å². The van der Waals surface area contributed by atoms with Gasteiger partial charge in [-0.15, -0.1) is 11.3 Å². The molecule has 3 aromatic rings. The van der Waals surface area contributed by atoms with Gasteiger partial charge in [-0.1, -0.05) is 35.9 Å². The molecule has 0 saturated carbocycles. The first-order chi connectivity index (χ1) is 13.0. The van der Waals surface area contributed by atoms with Crippen molar-refractivity contribution >= 4 is 40.4 Å². The van der Waals surface area contributed by atoms with E-state index in [1.165, 1.54) is 18.2 Å². The van der Waals surface area contributed by atoms with Crippen LogP contribution in [0.2, 0.25) is 5.02 Å². The highest BCUT2D eigenvalue weighted by Crippen LogP contribution is 2.21. The second kappa shape index (κ2) is 8.79. The molecule has 2 N–H and O–H groups in total. The summed E-state index contributed by atoms with van der Waals surface area (Å²) >= 11 is 7.48. The average Bonchev–Trinajstić information content (AvgIpc) is 3.15. The Hall–Kier alpha value is -2.70. The Kier molecular flexibility index (Phi) is 6.21.